The second-order valence-electron chi connectivity index (χ2n) is 7.28. The van der Waals surface area contributed by atoms with Crippen LogP contribution in [0, 0.1) is 24.0 Å². The number of hydrogen-bond acceptors (Lipinski definition) is 5. The molecule has 1 N–H and O–H groups in total. The van der Waals surface area contributed by atoms with Gasteiger partial charge in [0.1, 0.15) is 5.56 Å². The summed E-state index contributed by atoms with van der Waals surface area (Å²) >= 11 is 0. The van der Waals surface area contributed by atoms with Crippen LogP contribution in [-0.2, 0) is 0 Å². The first-order valence-corrected chi connectivity index (χ1v) is 9.42. The van der Waals surface area contributed by atoms with Crippen LogP contribution in [0.5, 0.6) is 0 Å². The molecule has 0 aliphatic carbocycles. The van der Waals surface area contributed by atoms with Gasteiger partial charge in [0.15, 0.2) is 0 Å². The van der Waals surface area contributed by atoms with Crippen molar-refractivity contribution < 1.29 is 19.3 Å². The molecule has 0 radical (unpaired) electrons. The number of fused-ring (bicyclic) bond motifs is 1. The molecule has 0 bridgehead atoms. The molecule has 31 heavy (non-hydrogen) atoms. The number of carbonyl (C=O) groups is 3. The van der Waals surface area contributed by atoms with Crippen LogP contribution in [0.25, 0.3) is 0 Å². The summed E-state index contributed by atoms with van der Waals surface area (Å²) in [4.78, 5) is 49.9. The highest BCUT2D eigenvalue weighted by atomic mass is 16.6. The topological polar surface area (TPSA) is 110 Å². The molecule has 0 unspecified atom stereocenters. The van der Waals surface area contributed by atoms with E-state index in [2.05, 4.69) is 5.32 Å². The van der Waals surface area contributed by atoms with Gasteiger partial charge in [-0.1, -0.05) is 18.2 Å². The van der Waals surface area contributed by atoms with Gasteiger partial charge in [0.2, 0.25) is 0 Å². The van der Waals surface area contributed by atoms with E-state index in [1.54, 1.807) is 12.1 Å². The Morgan fingerprint density at radius 3 is 2.29 bits per heavy atom. The zero-order valence-electron chi connectivity index (χ0n) is 16.7. The second-order valence-corrected chi connectivity index (χ2v) is 7.28. The summed E-state index contributed by atoms with van der Waals surface area (Å²) in [5.74, 6) is -1.87. The summed E-state index contributed by atoms with van der Waals surface area (Å²) < 4.78 is 0. The fourth-order valence-electron chi connectivity index (χ4n) is 3.69. The number of carbonyl (C=O) groups excluding carboxylic acids is 3. The average molecular weight is 415 g/mol. The Morgan fingerprint density at radius 1 is 0.935 bits per heavy atom. The predicted octanol–water partition coefficient (Wildman–Crippen LogP) is 4.26. The van der Waals surface area contributed by atoms with Gasteiger partial charge < -0.3 is 5.32 Å². The fraction of sp³-hybridized carbons (Fsp3) is 0.0870. The van der Waals surface area contributed by atoms with Crippen LogP contribution in [-0.4, -0.2) is 22.6 Å². The highest BCUT2D eigenvalue weighted by Gasteiger charge is 2.41. The van der Waals surface area contributed by atoms with E-state index in [9.17, 15) is 24.5 Å². The van der Waals surface area contributed by atoms with E-state index in [0.29, 0.717) is 5.69 Å². The molecule has 1 aliphatic heterocycles. The molecule has 4 rings (SSSR count). The number of imide groups is 1. The Balaban J connectivity index is 1.66. The third-order valence-electron chi connectivity index (χ3n) is 4.94. The second kappa shape index (κ2) is 7.49. The van der Waals surface area contributed by atoms with Crippen molar-refractivity contribution in [1.82, 2.24) is 0 Å². The zero-order chi connectivity index (χ0) is 22.3. The molecule has 0 aromatic heterocycles. The standard InChI is InChI=1S/C23H17N3O5/c1-13-9-14(2)11-16(10-13)24-21(27)15-5-3-6-17(12-15)25-22(28)18-7-4-8-19(26(30)31)20(18)23(25)29/h3-12H,1-2H3,(H,24,27). The summed E-state index contributed by atoms with van der Waals surface area (Å²) in [5, 5.41) is 14.1. The average Bonchev–Trinajstić information content (AvgIpc) is 2.97. The number of nitro benzene ring substituents is 1. The highest BCUT2D eigenvalue weighted by Crippen LogP contribution is 2.34. The molecule has 0 atom stereocenters. The maximum absolute atomic E-state index is 12.9. The van der Waals surface area contributed by atoms with E-state index in [-0.39, 0.29) is 22.4 Å². The number of aryl methyl sites for hydroxylation is 2. The molecule has 8 nitrogen and oxygen atoms in total. The lowest BCUT2D eigenvalue weighted by Gasteiger charge is -2.15. The van der Waals surface area contributed by atoms with Crippen molar-refractivity contribution in [2.24, 2.45) is 0 Å². The van der Waals surface area contributed by atoms with Crippen molar-refractivity contribution in [3.63, 3.8) is 0 Å². The number of rotatable bonds is 4. The number of nitrogens with zero attached hydrogens (tertiary/aromatic N) is 2. The third-order valence-corrected chi connectivity index (χ3v) is 4.94. The van der Waals surface area contributed by atoms with Gasteiger partial charge in [-0.2, -0.15) is 0 Å². The minimum atomic E-state index is -0.792. The summed E-state index contributed by atoms with van der Waals surface area (Å²) in [5.41, 5.74) is 2.31. The van der Waals surface area contributed by atoms with E-state index >= 15 is 0 Å². The zero-order valence-corrected chi connectivity index (χ0v) is 16.7. The first-order chi connectivity index (χ1) is 14.8. The van der Waals surface area contributed by atoms with Crippen molar-refractivity contribution in [3.8, 4) is 0 Å². The van der Waals surface area contributed by atoms with Crippen LogP contribution < -0.4 is 10.2 Å². The Kier molecular flexibility index (Phi) is 4.82. The van der Waals surface area contributed by atoms with Crippen molar-refractivity contribution >= 4 is 34.8 Å². The molecule has 8 heteroatoms. The molecule has 0 saturated carbocycles. The fourth-order valence-corrected chi connectivity index (χ4v) is 3.69. The smallest absolute Gasteiger partial charge is 0.283 e. The van der Waals surface area contributed by atoms with Crippen LogP contribution in [0.1, 0.15) is 42.2 Å². The lowest BCUT2D eigenvalue weighted by atomic mass is 10.1. The van der Waals surface area contributed by atoms with Crippen LogP contribution in [0.3, 0.4) is 0 Å². The van der Waals surface area contributed by atoms with E-state index in [1.807, 2.05) is 32.0 Å². The predicted molar refractivity (Wildman–Crippen MR) is 115 cm³/mol. The van der Waals surface area contributed by atoms with E-state index in [4.69, 9.17) is 0 Å². The van der Waals surface area contributed by atoms with Crippen molar-refractivity contribution in [1.29, 1.82) is 0 Å². The molecule has 1 heterocycles. The molecule has 3 aromatic rings. The summed E-state index contributed by atoms with van der Waals surface area (Å²) in [6.45, 7) is 3.84. The quantitative estimate of drug-likeness (QED) is 0.389. The minimum Gasteiger partial charge on any atom is -0.322 e. The molecule has 3 amide bonds. The Hall–Kier alpha value is -4.33. The van der Waals surface area contributed by atoms with Gasteiger partial charge in [0.05, 0.1) is 16.2 Å². The summed E-state index contributed by atoms with van der Waals surface area (Å²) in [6, 6.07) is 15.6. The highest BCUT2D eigenvalue weighted by molar-refractivity contribution is 6.35. The molecule has 154 valence electrons. The van der Waals surface area contributed by atoms with Crippen molar-refractivity contribution in [2.75, 3.05) is 10.2 Å². The first-order valence-electron chi connectivity index (χ1n) is 9.42. The molecule has 3 aromatic carbocycles. The molecule has 0 fully saturated rings. The molecular formula is C23H17N3O5. The van der Waals surface area contributed by atoms with Gasteiger partial charge in [-0.3, -0.25) is 24.5 Å². The number of nitrogens with one attached hydrogen (secondary N) is 1. The van der Waals surface area contributed by atoms with Crippen LogP contribution in [0.4, 0.5) is 17.1 Å². The van der Waals surface area contributed by atoms with E-state index < -0.39 is 28.3 Å². The maximum atomic E-state index is 12.9. The van der Waals surface area contributed by atoms with E-state index in [0.717, 1.165) is 16.0 Å². The molecular weight excluding hydrogens is 398 g/mol. The molecule has 0 saturated heterocycles. The minimum absolute atomic E-state index is 0.0377. The number of nitro groups is 1. The molecule has 1 aliphatic rings. The van der Waals surface area contributed by atoms with Crippen molar-refractivity contribution in [3.05, 3.63) is 98.6 Å². The largest absolute Gasteiger partial charge is 0.322 e. The van der Waals surface area contributed by atoms with Crippen LogP contribution in [0.15, 0.2) is 60.7 Å². The lowest BCUT2D eigenvalue weighted by molar-refractivity contribution is -0.385. The molecule has 0 spiro atoms. The monoisotopic (exact) mass is 415 g/mol. The maximum Gasteiger partial charge on any atom is 0.283 e. The van der Waals surface area contributed by atoms with Gasteiger partial charge in [-0.15, -0.1) is 0 Å². The van der Waals surface area contributed by atoms with Crippen LogP contribution in [0.2, 0.25) is 0 Å². The first kappa shape index (κ1) is 20.0. The van der Waals surface area contributed by atoms with Gasteiger partial charge in [0.25, 0.3) is 23.4 Å². The van der Waals surface area contributed by atoms with Gasteiger partial charge >= 0.3 is 0 Å². The van der Waals surface area contributed by atoms with E-state index in [1.165, 1.54) is 30.3 Å². The summed E-state index contributed by atoms with van der Waals surface area (Å²) in [6.07, 6.45) is 0. The number of hydrogen-bond donors (Lipinski definition) is 1. The normalized spacial score (nSPS) is 12.6. The summed E-state index contributed by atoms with van der Waals surface area (Å²) in [7, 11) is 0. The Labute approximate surface area is 177 Å². The van der Waals surface area contributed by atoms with Crippen LogP contribution >= 0.6 is 0 Å². The van der Waals surface area contributed by atoms with Crippen molar-refractivity contribution in [2.45, 2.75) is 13.8 Å². The number of amides is 3. The Bertz CT molecular complexity index is 1260. The lowest BCUT2D eigenvalue weighted by Crippen LogP contribution is -2.29. The van der Waals surface area contributed by atoms with Gasteiger partial charge in [-0.25, -0.2) is 4.90 Å². The van der Waals surface area contributed by atoms with Gasteiger partial charge in [0, 0.05) is 17.3 Å². The number of benzene rings is 3. The Morgan fingerprint density at radius 2 is 1.61 bits per heavy atom. The SMILES string of the molecule is Cc1cc(C)cc(NC(=O)c2cccc(N3C(=O)c4cccc([N+](=O)[O-])c4C3=O)c2)c1. The van der Waals surface area contributed by atoms with Gasteiger partial charge in [-0.05, 0) is 61.4 Å². The number of anilines is 2. The third kappa shape index (κ3) is 3.55.